The molecule has 1 unspecified atom stereocenters. The number of aryl methyl sites for hydroxylation is 1. The van der Waals surface area contributed by atoms with Crippen molar-refractivity contribution in [3.63, 3.8) is 0 Å². The second-order valence-electron chi connectivity index (χ2n) is 7.51. The lowest BCUT2D eigenvalue weighted by atomic mass is 10.0. The van der Waals surface area contributed by atoms with Crippen LogP contribution in [0, 0.1) is 0 Å². The van der Waals surface area contributed by atoms with Gasteiger partial charge in [-0.3, -0.25) is 19.1 Å². The fourth-order valence-electron chi connectivity index (χ4n) is 3.55. The lowest BCUT2D eigenvalue weighted by Crippen LogP contribution is -2.46. The van der Waals surface area contributed by atoms with E-state index in [1.54, 1.807) is 11.0 Å². The first-order valence-corrected chi connectivity index (χ1v) is 9.56. The van der Waals surface area contributed by atoms with Crippen LogP contribution in [0.15, 0.2) is 15.7 Å². The first-order valence-electron chi connectivity index (χ1n) is 9.56. The third-order valence-corrected chi connectivity index (χ3v) is 4.98. The van der Waals surface area contributed by atoms with Gasteiger partial charge >= 0.3 is 5.69 Å². The summed E-state index contributed by atoms with van der Waals surface area (Å²) in [6, 6.07) is 1.63. The third-order valence-electron chi connectivity index (χ3n) is 4.98. The zero-order valence-electron chi connectivity index (χ0n) is 16.1. The lowest BCUT2D eigenvalue weighted by molar-refractivity contribution is 0.0710. The minimum Gasteiger partial charge on any atom is -0.337 e. The summed E-state index contributed by atoms with van der Waals surface area (Å²) in [6.45, 7) is 7.37. The van der Waals surface area contributed by atoms with Gasteiger partial charge in [-0.05, 0) is 31.2 Å². The first kappa shape index (κ1) is 19.3. The van der Waals surface area contributed by atoms with E-state index in [9.17, 15) is 14.4 Å². The number of nitrogens with two attached hydrogens (primary N) is 1. The zero-order valence-corrected chi connectivity index (χ0v) is 16.1. The quantitative estimate of drug-likeness (QED) is 0.835. The van der Waals surface area contributed by atoms with Crippen molar-refractivity contribution in [1.29, 1.82) is 0 Å². The fraction of sp³-hybridized carbons (Fsp3) is 0.579. The van der Waals surface area contributed by atoms with Gasteiger partial charge in [0.05, 0.1) is 10.9 Å². The maximum Gasteiger partial charge on any atom is 0.329 e. The number of hydrogen-bond donors (Lipinski definition) is 2. The number of fused-ring (bicyclic) bond motifs is 1. The summed E-state index contributed by atoms with van der Waals surface area (Å²) in [5.41, 5.74) is 6.21. The van der Waals surface area contributed by atoms with Crippen molar-refractivity contribution >= 4 is 16.9 Å². The highest BCUT2D eigenvalue weighted by atomic mass is 16.2. The molecule has 27 heavy (non-hydrogen) atoms. The predicted octanol–water partition coefficient (Wildman–Crippen LogP) is 1.18. The molecule has 0 bridgehead atoms. The molecule has 0 spiro atoms. The Morgan fingerprint density at radius 3 is 2.78 bits per heavy atom. The molecule has 2 aromatic rings. The van der Waals surface area contributed by atoms with Crippen molar-refractivity contribution in [3.8, 4) is 0 Å². The fourth-order valence-corrected chi connectivity index (χ4v) is 3.55. The number of carbonyl (C=O) groups is 1. The topological polar surface area (TPSA) is 114 Å². The van der Waals surface area contributed by atoms with Gasteiger partial charge in [0, 0.05) is 31.4 Å². The molecule has 146 valence electrons. The average molecular weight is 373 g/mol. The number of nitrogens with zero attached hydrogens (tertiary/aromatic N) is 3. The highest BCUT2D eigenvalue weighted by Gasteiger charge is 2.26. The zero-order chi connectivity index (χ0) is 19.7. The van der Waals surface area contributed by atoms with Crippen LogP contribution in [0.4, 0.5) is 0 Å². The first-order chi connectivity index (χ1) is 12.8. The Hall–Kier alpha value is -2.48. The summed E-state index contributed by atoms with van der Waals surface area (Å²) >= 11 is 0. The molecule has 1 aliphatic heterocycles. The molecule has 8 heteroatoms. The number of aromatic nitrogens is 3. The van der Waals surface area contributed by atoms with Gasteiger partial charge in [0.2, 0.25) is 0 Å². The summed E-state index contributed by atoms with van der Waals surface area (Å²) in [4.78, 5) is 46.8. The third kappa shape index (κ3) is 3.66. The molecule has 0 aliphatic carbocycles. The number of hydrogen-bond acceptors (Lipinski definition) is 5. The van der Waals surface area contributed by atoms with E-state index in [0.29, 0.717) is 37.3 Å². The minimum atomic E-state index is -0.574. The van der Waals surface area contributed by atoms with Gasteiger partial charge < -0.3 is 10.6 Å². The Morgan fingerprint density at radius 1 is 1.41 bits per heavy atom. The standard InChI is InChI=1S/C19H27N5O3/c1-4-7-24-16-15(17(25)22-19(24)27)13(9-14(21-16)11(2)3)18(26)23-8-5-6-12(20)10-23/h9,11-12H,4-8,10,20H2,1-3H3,(H,22,25,27). The van der Waals surface area contributed by atoms with Gasteiger partial charge in [-0.25, -0.2) is 9.78 Å². The molecule has 8 nitrogen and oxygen atoms in total. The van der Waals surface area contributed by atoms with E-state index in [0.717, 1.165) is 12.8 Å². The molecule has 1 fully saturated rings. The van der Waals surface area contributed by atoms with Crippen molar-refractivity contribution in [2.45, 2.75) is 58.5 Å². The maximum atomic E-state index is 13.2. The summed E-state index contributed by atoms with van der Waals surface area (Å²) in [5, 5.41) is 0.177. The van der Waals surface area contributed by atoms with E-state index in [4.69, 9.17) is 5.73 Å². The summed E-state index contributed by atoms with van der Waals surface area (Å²) in [6.07, 6.45) is 2.43. The number of piperidine rings is 1. The largest absolute Gasteiger partial charge is 0.337 e. The molecular formula is C19H27N5O3. The number of likely N-dealkylation sites (tertiary alicyclic amines) is 1. The van der Waals surface area contributed by atoms with Crippen LogP contribution in [0.3, 0.4) is 0 Å². The van der Waals surface area contributed by atoms with Crippen molar-refractivity contribution in [3.05, 3.63) is 38.2 Å². The van der Waals surface area contributed by atoms with Crippen molar-refractivity contribution in [1.82, 2.24) is 19.4 Å². The van der Waals surface area contributed by atoms with Gasteiger partial charge in [-0.1, -0.05) is 20.8 Å². The molecule has 0 radical (unpaired) electrons. The molecular weight excluding hydrogens is 346 g/mol. The average Bonchev–Trinajstić information content (AvgIpc) is 2.63. The molecule has 1 aliphatic rings. The molecule has 0 aromatic carbocycles. The Bertz CT molecular complexity index is 976. The van der Waals surface area contributed by atoms with Gasteiger partial charge in [0.15, 0.2) is 5.65 Å². The molecule has 1 amide bonds. The summed E-state index contributed by atoms with van der Waals surface area (Å²) < 4.78 is 1.45. The smallest absolute Gasteiger partial charge is 0.329 e. The van der Waals surface area contributed by atoms with Crippen LogP contribution in [0.1, 0.15) is 62.0 Å². The molecule has 3 N–H and O–H groups in total. The number of amides is 1. The second kappa shape index (κ2) is 7.64. The van der Waals surface area contributed by atoms with E-state index in [2.05, 4.69) is 9.97 Å². The van der Waals surface area contributed by atoms with Crippen molar-refractivity contribution < 1.29 is 4.79 Å². The Balaban J connectivity index is 2.27. The van der Waals surface area contributed by atoms with Crippen LogP contribution in [-0.4, -0.2) is 44.5 Å². The highest BCUT2D eigenvalue weighted by molar-refractivity contribution is 6.05. The van der Waals surface area contributed by atoms with Crippen molar-refractivity contribution in [2.24, 2.45) is 5.73 Å². The monoisotopic (exact) mass is 373 g/mol. The second-order valence-corrected chi connectivity index (χ2v) is 7.51. The van der Waals surface area contributed by atoms with Gasteiger partial charge in [-0.2, -0.15) is 0 Å². The number of H-pyrrole nitrogens is 1. The summed E-state index contributed by atoms with van der Waals surface area (Å²) in [5.74, 6) is -0.180. The lowest BCUT2D eigenvalue weighted by Gasteiger charge is -2.31. The number of rotatable bonds is 4. The van der Waals surface area contributed by atoms with Crippen LogP contribution in [0.5, 0.6) is 0 Å². The molecule has 1 saturated heterocycles. The predicted molar refractivity (Wildman–Crippen MR) is 104 cm³/mol. The molecule has 3 rings (SSSR count). The number of carbonyl (C=O) groups excluding carboxylic acids is 1. The van der Waals surface area contributed by atoms with Crippen LogP contribution >= 0.6 is 0 Å². The molecule has 2 aromatic heterocycles. The van der Waals surface area contributed by atoms with E-state index in [1.807, 2.05) is 20.8 Å². The van der Waals surface area contributed by atoms with Crippen LogP contribution in [0.25, 0.3) is 11.0 Å². The minimum absolute atomic E-state index is 0.0500. The molecule has 0 saturated carbocycles. The number of pyridine rings is 1. The van der Waals surface area contributed by atoms with Gasteiger partial charge in [0.1, 0.15) is 0 Å². The van der Waals surface area contributed by atoms with E-state index >= 15 is 0 Å². The summed E-state index contributed by atoms with van der Waals surface area (Å²) in [7, 11) is 0. The van der Waals surface area contributed by atoms with E-state index < -0.39 is 11.2 Å². The molecule has 3 heterocycles. The van der Waals surface area contributed by atoms with Gasteiger partial charge in [-0.15, -0.1) is 0 Å². The Labute approximate surface area is 157 Å². The van der Waals surface area contributed by atoms with Crippen LogP contribution < -0.4 is 17.0 Å². The normalized spacial score (nSPS) is 17.7. The Kier molecular flexibility index (Phi) is 5.46. The number of aromatic amines is 1. The van der Waals surface area contributed by atoms with Crippen LogP contribution in [0.2, 0.25) is 0 Å². The highest BCUT2D eigenvalue weighted by Crippen LogP contribution is 2.22. The van der Waals surface area contributed by atoms with Crippen LogP contribution in [-0.2, 0) is 6.54 Å². The number of nitrogens with one attached hydrogen (secondary N) is 1. The van der Waals surface area contributed by atoms with Crippen molar-refractivity contribution in [2.75, 3.05) is 13.1 Å². The Morgan fingerprint density at radius 2 is 2.15 bits per heavy atom. The van der Waals surface area contributed by atoms with Gasteiger partial charge in [0.25, 0.3) is 11.5 Å². The maximum absolute atomic E-state index is 13.2. The molecule has 1 atom stereocenters. The van der Waals surface area contributed by atoms with E-state index in [-0.39, 0.29) is 28.9 Å². The van der Waals surface area contributed by atoms with E-state index in [1.165, 1.54) is 4.57 Å². The SMILES string of the molecule is CCCn1c(=O)[nH]c(=O)c2c(C(=O)N3CCCC(N)C3)cc(C(C)C)nc21.